The van der Waals surface area contributed by atoms with E-state index in [1.54, 1.807) is 0 Å². The average molecular weight is 642 g/mol. The molecule has 11 aromatic rings. The quantitative estimate of drug-likeness (QED) is 0.192. The molecule has 0 atom stereocenters. The van der Waals surface area contributed by atoms with E-state index in [2.05, 4.69) is 132 Å². The number of anilines is 3. The number of benzene rings is 8. The Hall–Kier alpha value is -6.78. The molecule has 3 aromatic heterocycles. The lowest BCUT2D eigenvalue weighted by Gasteiger charge is -2.26. The van der Waals surface area contributed by atoms with Crippen LogP contribution < -0.4 is 4.90 Å². The molecule has 0 fully saturated rings. The topological polar surface area (TPSA) is 42.7 Å². The second-order valence-electron chi connectivity index (χ2n) is 12.9. The number of fused-ring (bicyclic) bond motifs is 11. The van der Waals surface area contributed by atoms with Crippen LogP contribution in [0.15, 0.2) is 177 Å². The highest BCUT2D eigenvalue weighted by molar-refractivity contribution is 6.19. The zero-order chi connectivity index (χ0) is 32.8. The van der Waals surface area contributed by atoms with E-state index in [9.17, 15) is 0 Å². The lowest BCUT2D eigenvalue weighted by atomic mass is 9.98. The van der Waals surface area contributed by atoms with Crippen LogP contribution in [0.2, 0.25) is 0 Å². The summed E-state index contributed by atoms with van der Waals surface area (Å²) in [5, 5.41) is 9.09. The van der Waals surface area contributed by atoms with Crippen molar-refractivity contribution in [3.05, 3.63) is 164 Å². The van der Waals surface area contributed by atoms with E-state index in [-0.39, 0.29) is 0 Å². The van der Waals surface area contributed by atoms with Crippen molar-refractivity contribution in [3.8, 4) is 11.1 Å². The molecule has 0 saturated carbocycles. The largest absolute Gasteiger partial charge is 0.456 e. The molecular formula is C46H27NO3. The molecule has 50 heavy (non-hydrogen) atoms. The fraction of sp³-hybridized carbons (Fsp3) is 0. The van der Waals surface area contributed by atoms with Gasteiger partial charge in [-0.05, 0) is 101 Å². The lowest BCUT2D eigenvalue weighted by Crippen LogP contribution is -2.09. The molecule has 0 aliphatic heterocycles. The first-order chi connectivity index (χ1) is 24.7. The van der Waals surface area contributed by atoms with E-state index in [1.807, 2.05) is 36.4 Å². The Morgan fingerprint density at radius 2 is 0.780 bits per heavy atom. The van der Waals surface area contributed by atoms with E-state index in [0.717, 1.165) is 83.1 Å². The summed E-state index contributed by atoms with van der Waals surface area (Å²) in [5.74, 6) is 0. The van der Waals surface area contributed by atoms with Crippen LogP contribution in [0.5, 0.6) is 0 Å². The van der Waals surface area contributed by atoms with Crippen LogP contribution in [0, 0.1) is 0 Å². The molecule has 4 nitrogen and oxygen atoms in total. The summed E-state index contributed by atoms with van der Waals surface area (Å²) in [7, 11) is 0. The van der Waals surface area contributed by atoms with Crippen LogP contribution in [0.25, 0.3) is 87.7 Å². The number of hydrogen-bond donors (Lipinski definition) is 0. The van der Waals surface area contributed by atoms with Gasteiger partial charge < -0.3 is 18.2 Å². The van der Waals surface area contributed by atoms with Crippen LogP contribution in [-0.4, -0.2) is 0 Å². The van der Waals surface area contributed by atoms with Crippen LogP contribution in [0.1, 0.15) is 0 Å². The molecule has 0 unspecified atom stereocenters. The number of nitrogens with zero attached hydrogens (tertiary/aromatic N) is 1. The minimum atomic E-state index is 0.874. The molecule has 0 radical (unpaired) electrons. The predicted octanol–water partition coefficient (Wildman–Crippen LogP) is 13.7. The molecule has 0 amide bonds. The van der Waals surface area contributed by atoms with E-state index in [4.69, 9.17) is 13.3 Å². The highest BCUT2D eigenvalue weighted by Crippen LogP contribution is 2.42. The summed E-state index contributed by atoms with van der Waals surface area (Å²) in [6, 6.07) is 57.4. The maximum absolute atomic E-state index is 6.19. The Kier molecular flexibility index (Phi) is 5.63. The second-order valence-corrected chi connectivity index (χ2v) is 12.9. The van der Waals surface area contributed by atoms with Gasteiger partial charge in [-0.2, -0.15) is 0 Å². The number of rotatable bonds is 4. The second kappa shape index (κ2) is 10.4. The molecule has 0 N–H and O–H groups in total. The Morgan fingerprint density at radius 3 is 1.42 bits per heavy atom. The monoisotopic (exact) mass is 641 g/mol. The molecule has 0 bridgehead atoms. The fourth-order valence-corrected chi connectivity index (χ4v) is 7.69. The Balaban J connectivity index is 1.05. The lowest BCUT2D eigenvalue weighted by molar-refractivity contribution is 0.668. The standard InChI is InChI=1S/C46H27NO3/c1-4-10-40-35(7-1)38-26-32(19-23-43(38)48-40)47(33-20-24-44-39(27-33)36-8-2-5-11-41(36)49-44)31-17-13-28(14-18-31)29-15-21-34-30(25-29)16-22-45-46(34)37-9-3-6-12-42(37)50-45/h1-27H. The van der Waals surface area contributed by atoms with Crippen LogP contribution >= 0.6 is 0 Å². The number of furan rings is 3. The summed E-state index contributed by atoms with van der Waals surface area (Å²) in [6.45, 7) is 0. The maximum Gasteiger partial charge on any atom is 0.136 e. The van der Waals surface area contributed by atoms with Gasteiger partial charge in [0.25, 0.3) is 0 Å². The molecule has 0 aliphatic carbocycles. The molecule has 4 heteroatoms. The molecule has 234 valence electrons. The highest BCUT2D eigenvalue weighted by Gasteiger charge is 2.18. The van der Waals surface area contributed by atoms with Crippen molar-refractivity contribution in [2.24, 2.45) is 0 Å². The van der Waals surface area contributed by atoms with E-state index in [0.29, 0.717) is 0 Å². The summed E-state index contributed by atoms with van der Waals surface area (Å²) in [6.07, 6.45) is 0. The van der Waals surface area contributed by atoms with Gasteiger partial charge in [-0.1, -0.05) is 84.9 Å². The normalized spacial score (nSPS) is 12.0. The third-order valence-electron chi connectivity index (χ3n) is 10.1. The van der Waals surface area contributed by atoms with Crippen molar-refractivity contribution in [1.82, 2.24) is 0 Å². The predicted molar refractivity (Wildman–Crippen MR) is 206 cm³/mol. The first-order valence-electron chi connectivity index (χ1n) is 16.8. The van der Waals surface area contributed by atoms with Gasteiger partial charge in [0, 0.05) is 49.4 Å². The van der Waals surface area contributed by atoms with Gasteiger partial charge in [-0.25, -0.2) is 0 Å². The van der Waals surface area contributed by atoms with E-state index < -0.39 is 0 Å². The Labute approximate surface area is 286 Å². The molecule has 0 spiro atoms. The van der Waals surface area contributed by atoms with Crippen molar-refractivity contribution < 1.29 is 13.3 Å². The number of hydrogen-bond acceptors (Lipinski definition) is 4. The van der Waals surface area contributed by atoms with Gasteiger partial charge in [0.2, 0.25) is 0 Å². The SMILES string of the molecule is c1ccc2c(c1)oc1ccc(N(c3ccc(-c4ccc5c(ccc6oc7ccccc7c65)c4)cc3)c3ccc4oc5ccccc5c4c3)cc12. The highest BCUT2D eigenvalue weighted by atomic mass is 16.3. The van der Waals surface area contributed by atoms with Crippen LogP contribution in [-0.2, 0) is 0 Å². The van der Waals surface area contributed by atoms with Gasteiger partial charge >= 0.3 is 0 Å². The smallest absolute Gasteiger partial charge is 0.136 e. The van der Waals surface area contributed by atoms with Gasteiger partial charge in [0.15, 0.2) is 0 Å². The van der Waals surface area contributed by atoms with Crippen LogP contribution in [0.3, 0.4) is 0 Å². The summed E-state index contributed by atoms with van der Waals surface area (Å²) in [4.78, 5) is 2.31. The summed E-state index contributed by atoms with van der Waals surface area (Å²) >= 11 is 0. The Morgan fingerprint density at radius 1 is 0.300 bits per heavy atom. The average Bonchev–Trinajstić information content (AvgIpc) is 3.86. The zero-order valence-electron chi connectivity index (χ0n) is 26.8. The van der Waals surface area contributed by atoms with Crippen molar-refractivity contribution in [1.29, 1.82) is 0 Å². The molecule has 11 rings (SSSR count). The maximum atomic E-state index is 6.19. The van der Waals surface area contributed by atoms with Gasteiger partial charge in [-0.3, -0.25) is 0 Å². The van der Waals surface area contributed by atoms with Gasteiger partial charge in [-0.15, -0.1) is 0 Å². The fourth-order valence-electron chi connectivity index (χ4n) is 7.69. The Bertz CT molecular complexity index is 2990. The minimum Gasteiger partial charge on any atom is -0.456 e. The van der Waals surface area contributed by atoms with E-state index >= 15 is 0 Å². The summed E-state index contributed by atoms with van der Waals surface area (Å²) < 4.78 is 18.5. The third-order valence-corrected chi connectivity index (χ3v) is 10.1. The molecule has 0 saturated heterocycles. The van der Waals surface area contributed by atoms with Crippen LogP contribution in [0.4, 0.5) is 17.1 Å². The van der Waals surface area contributed by atoms with Gasteiger partial charge in [0.05, 0.1) is 0 Å². The van der Waals surface area contributed by atoms with Gasteiger partial charge in [0.1, 0.15) is 33.5 Å². The van der Waals surface area contributed by atoms with Crippen molar-refractivity contribution in [2.45, 2.75) is 0 Å². The first kappa shape index (κ1) is 27.2. The molecular weight excluding hydrogens is 615 g/mol. The minimum absolute atomic E-state index is 0.874. The zero-order valence-corrected chi connectivity index (χ0v) is 26.8. The van der Waals surface area contributed by atoms with Crippen molar-refractivity contribution >= 4 is 93.7 Å². The molecule has 0 aliphatic rings. The van der Waals surface area contributed by atoms with Crippen molar-refractivity contribution in [3.63, 3.8) is 0 Å². The third kappa shape index (κ3) is 4.06. The first-order valence-corrected chi connectivity index (χ1v) is 16.8. The van der Waals surface area contributed by atoms with Crippen molar-refractivity contribution in [2.75, 3.05) is 4.90 Å². The summed E-state index contributed by atoms with van der Waals surface area (Å²) in [5.41, 5.74) is 10.8. The number of para-hydroxylation sites is 3. The van der Waals surface area contributed by atoms with E-state index in [1.165, 1.54) is 21.7 Å². The molecule has 8 aromatic carbocycles. The molecule has 3 heterocycles.